The first-order valence-electron chi connectivity index (χ1n) is 24.0. The lowest BCUT2D eigenvalue weighted by molar-refractivity contribution is -0.0211. The minimum atomic E-state index is -0.393. The molecule has 2 amide bonds. The van der Waals surface area contributed by atoms with Crippen LogP contribution >= 0.6 is 0 Å². The molecule has 1 saturated carbocycles. The number of rotatable bonds is 3. The van der Waals surface area contributed by atoms with E-state index in [1.807, 2.05) is 46.4 Å². The van der Waals surface area contributed by atoms with E-state index < -0.39 is 5.60 Å². The number of hydrogen-bond donors (Lipinski definition) is 2. The Morgan fingerprint density at radius 3 is 1.10 bits per heavy atom. The monoisotopic (exact) mass is 835 g/mol. The average Bonchev–Trinajstić information content (AvgIpc) is 3.46. The van der Waals surface area contributed by atoms with E-state index in [1.54, 1.807) is 4.90 Å². The summed E-state index contributed by atoms with van der Waals surface area (Å²) in [5.41, 5.74) is 1.73. The molecule has 4 saturated heterocycles. The lowest BCUT2D eigenvalue weighted by Crippen LogP contribution is -2.55. The molecular weight excluding hydrogens is 733 g/mol. The predicted octanol–water partition coefficient (Wildman–Crippen LogP) is 13.1. The quantitative estimate of drug-likeness (QED) is 0.295. The number of carbonyl (C=O) groups excluding carboxylic acids is 2. The van der Waals surface area contributed by atoms with Crippen molar-refractivity contribution in [3.05, 3.63) is 0 Å². The Morgan fingerprint density at radius 1 is 0.508 bits per heavy atom. The number of amides is 2. The highest BCUT2D eigenvalue weighted by molar-refractivity contribution is 5.69. The van der Waals surface area contributed by atoms with Crippen LogP contribution in [0.3, 0.4) is 0 Å². The van der Waals surface area contributed by atoms with Gasteiger partial charge in [0.1, 0.15) is 11.2 Å². The second-order valence-electron chi connectivity index (χ2n) is 25.0. The van der Waals surface area contributed by atoms with E-state index in [4.69, 9.17) is 9.47 Å². The van der Waals surface area contributed by atoms with Gasteiger partial charge in [0.2, 0.25) is 0 Å². The smallest absolute Gasteiger partial charge is 0.410 e. The van der Waals surface area contributed by atoms with E-state index in [1.165, 1.54) is 64.7 Å². The molecule has 0 radical (unpaired) electrons. The molecule has 59 heavy (non-hydrogen) atoms. The van der Waals surface area contributed by atoms with Crippen LogP contribution in [0, 0.1) is 56.7 Å². The summed E-state index contributed by atoms with van der Waals surface area (Å²) >= 11 is 0. The van der Waals surface area contributed by atoms with Crippen molar-refractivity contribution in [1.29, 1.82) is 0 Å². The predicted molar refractivity (Wildman–Crippen MR) is 253 cm³/mol. The molecule has 4 aliphatic heterocycles. The molecule has 8 heteroatoms. The maximum atomic E-state index is 11.9. The van der Waals surface area contributed by atoms with Crippen LogP contribution in [-0.2, 0) is 9.47 Å². The minimum Gasteiger partial charge on any atom is -0.444 e. The molecular formula is C51H102N4O4. The zero-order valence-corrected chi connectivity index (χ0v) is 43.2. The minimum absolute atomic E-state index is 0.164. The van der Waals surface area contributed by atoms with Gasteiger partial charge in [-0.25, -0.2) is 9.59 Å². The summed E-state index contributed by atoms with van der Waals surface area (Å²) in [5.74, 6) is 3.92. The molecule has 0 aromatic heterocycles. The molecule has 5 fully saturated rings. The summed E-state index contributed by atoms with van der Waals surface area (Å²) in [6.07, 6.45) is 10.4. The Kier molecular flexibility index (Phi) is 21.3. The molecule has 5 aliphatic rings. The van der Waals surface area contributed by atoms with Gasteiger partial charge >= 0.3 is 12.2 Å². The standard InChI is InChI=1S/C14H27NO2.C12H23NO2.C9H19N.C9H18.C7H15N/c1-11(2)14(6)7-9-15(10-8-14)12(16)17-13(3,4)5;1-11(2,3)9-7-13(8-9)10(14)15-12(4,5)6;1-8(2)9(3)4-6-10-7-5-9;1-8(2)9(3)6-4-5-7-9;1-7(2,3)6-4-8-5-6/h11H,7-10H2,1-6H3;9H,7-8H2,1-6H3;8,10H,4-7H2,1-3H3;8H,4-7H2,1-3H3;6,8H,4-5H2,1-3H3. The maximum Gasteiger partial charge on any atom is 0.410 e. The van der Waals surface area contributed by atoms with Crippen molar-refractivity contribution < 1.29 is 19.1 Å². The van der Waals surface area contributed by atoms with E-state index in [9.17, 15) is 9.59 Å². The fourth-order valence-corrected chi connectivity index (χ4v) is 7.84. The van der Waals surface area contributed by atoms with Gasteiger partial charge in [0.15, 0.2) is 0 Å². The van der Waals surface area contributed by atoms with Crippen LogP contribution in [0.2, 0.25) is 0 Å². The van der Waals surface area contributed by atoms with Crippen molar-refractivity contribution in [3.8, 4) is 0 Å². The molecule has 5 rings (SSSR count). The summed E-state index contributed by atoms with van der Waals surface area (Å²) in [6, 6.07) is 0. The Morgan fingerprint density at radius 2 is 0.847 bits per heavy atom. The van der Waals surface area contributed by atoms with Gasteiger partial charge in [0, 0.05) is 26.2 Å². The highest BCUT2D eigenvalue weighted by atomic mass is 16.6. The van der Waals surface area contributed by atoms with E-state index >= 15 is 0 Å². The van der Waals surface area contributed by atoms with E-state index in [0.29, 0.717) is 38.9 Å². The van der Waals surface area contributed by atoms with Crippen molar-refractivity contribution in [2.75, 3.05) is 52.4 Å². The number of nitrogens with one attached hydrogen (secondary N) is 2. The van der Waals surface area contributed by atoms with Crippen molar-refractivity contribution in [2.45, 2.75) is 208 Å². The van der Waals surface area contributed by atoms with Crippen molar-refractivity contribution in [2.24, 2.45) is 56.7 Å². The highest BCUT2D eigenvalue weighted by Gasteiger charge is 2.40. The van der Waals surface area contributed by atoms with Crippen LogP contribution in [-0.4, -0.2) is 85.5 Å². The second-order valence-corrected chi connectivity index (χ2v) is 25.0. The average molecular weight is 835 g/mol. The molecule has 8 nitrogen and oxygen atoms in total. The Bertz CT molecular complexity index is 1200. The lowest BCUT2D eigenvalue weighted by Gasteiger charge is -2.46. The summed E-state index contributed by atoms with van der Waals surface area (Å²) in [5, 5.41) is 6.66. The Hall–Kier alpha value is -1.54. The Labute approximate surface area is 367 Å². The van der Waals surface area contributed by atoms with Crippen LogP contribution in [0.25, 0.3) is 0 Å². The van der Waals surface area contributed by atoms with Crippen LogP contribution in [0.1, 0.15) is 197 Å². The Balaban J connectivity index is 0.000000380. The van der Waals surface area contributed by atoms with Crippen molar-refractivity contribution >= 4 is 12.2 Å². The van der Waals surface area contributed by atoms with Crippen molar-refractivity contribution in [3.63, 3.8) is 0 Å². The molecule has 0 aromatic carbocycles. The topological polar surface area (TPSA) is 83.1 Å². The SMILES string of the molecule is CC(C)(C)C1CNC1.CC(C)(C)OC(=O)N1CC(C(C)(C)C)C1.CC(C)C1(C)CCCC1.CC(C)C1(C)CCN(C(=O)OC(C)(C)C)CC1.CC(C)C1(C)CCNCC1. The molecule has 350 valence electrons. The molecule has 2 N–H and O–H groups in total. The second kappa shape index (κ2) is 22.7. The number of likely N-dealkylation sites (tertiary alicyclic amines) is 2. The zero-order valence-electron chi connectivity index (χ0n) is 43.2. The van der Waals surface area contributed by atoms with Gasteiger partial charge < -0.3 is 29.9 Å². The van der Waals surface area contributed by atoms with Gasteiger partial charge in [-0.1, -0.05) is 117 Å². The largest absolute Gasteiger partial charge is 0.444 e. The molecule has 0 unspecified atom stereocenters. The van der Waals surface area contributed by atoms with Crippen LogP contribution in [0.5, 0.6) is 0 Å². The zero-order chi connectivity index (χ0) is 45.8. The van der Waals surface area contributed by atoms with Gasteiger partial charge in [0.25, 0.3) is 0 Å². The highest BCUT2D eigenvalue weighted by Crippen LogP contribution is 2.43. The molecule has 0 atom stereocenters. The third-order valence-corrected chi connectivity index (χ3v) is 15.0. The fourth-order valence-electron chi connectivity index (χ4n) is 7.84. The molecule has 0 aromatic rings. The van der Waals surface area contributed by atoms with E-state index in [-0.39, 0.29) is 17.8 Å². The summed E-state index contributed by atoms with van der Waals surface area (Å²) < 4.78 is 10.7. The van der Waals surface area contributed by atoms with Crippen LogP contribution < -0.4 is 10.6 Å². The summed E-state index contributed by atoms with van der Waals surface area (Å²) in [4.78, 5) is 27.1. The molecule has 1 aliphatic carbocycles. The van der Waals surface area contributed by atoms with Crippen LogP contribution in [0.4, 0.5) is 9.59 Å². The van der Waals surface area contributed by atoms with E-state index in [0.717, 1.165) is 56.8 Å². The van der Waals surface area contributed by atoms with Gasteiger partial charge in [-0.05, 0) is 163 Å². The van der Waals surface area contributed by atoms with Crippen LogP contribution in [0.15, 0.2) is 0 Å². The van der Waals surface area contributed by atoms with Crippen molar-refractivity contribution in [1.82, 2.24) is 20.4 Å². The van der Waals surface area contributed by atoms with Gasteiger partial charge in [-0.15, -0.1) is 0 Å². The number of nitrogens with zero attached hydrogens (tertiary/aromatic N) is 2. The first-order valence-corrected chi connectivity index (χ1v) is 24.0. The lowest BCUT2D eigenvalue weighted by atomic mass is 9.72. The first-order chi connectivity index (χ1) is 26.6. The third kappa shape index (κ3) is 20.0. The first kappa shape index (κ1) is 55.5. The number of ether oxygens (including phenoxy) is 2. The third-order valence-electron chi connectivity index (χ3n) is 15.0. The summed E-state index contributed by atoms with van der Waals surface area (Å²) in [7, 11) is 0. The van der Waals surface area contributed by atoms with Gasteiger partial charge in [0.05, 0.1) is 0 Å². The summed E-state index contributed by atoms with van der Waals surface area (Å²) in [6.45, 7) is 54.2. The van der Waals surface area contributed by atoms with E-state index in [2.05, 4.69) is 114 Å². The number of carbonyl (C=O) groups is 2. The fraction of sp³-hybridized carbons (Fsp3) is 0.961. The molecule has 4 heterocycles. The maximum absolute atomic E-state index is 11.9. The molecule has 0 bridgehead atoms. The number of hydrogen-bond acceptors (Lipinski definition) is 6. The molecule has 0 spiro atoms. The number of piperidine rings is 2. The normalized spacial score (nSPS) is 21.9. The van der Waals surface area contributed by atoms with Gasteiger partial charge in [-0.3, -0.25) is 0 Å². The van der Waals surface area contributed by atoms with Gasteiger partial charge in [-0.2, -0.15) is 0 Å².